The maximum Gasteiger partial charge on any atom is 0.418 e. The van der Waals surface area contributed by atoms with Crippen molar-refractivity contribution in [2.24, 2.45) is 16.5 Å². The first kappa shape index (κ1) is 23.1. The van der Waals surface area contributed by atoms with Crippen LogP contribution in [0.2, 0.25) is 0 Å². The number of unbranched alkanes of at least 4 members (excludes halogenated alkanes) is 2. The van der Waals surface area contributed by atoms with Gasteiger partial charge in [-0.2, -0.15) is 4.98 Å². The summed E-state index contributed by atoms with van der Waals surface area (Å²) >= 11 is 6.46. The first-order valence-electron chi connectivity index (χ1n) is 9.40. The number of aromatic nitrogens is 4. The second-order valence-corrected chi connectivity index (χ2v) is 7.07. The van der Waals surface area contributed by atoms with Crippen LogP contribution in [0.15, 0.2) is 17.5 Å². The molecule has 0 aliphatic heterocycles. The van der Waals surface area contributed by atoms with Gasteiger partial charge in [-0.1, -0.05) is 31.4 Å². The van der Waals surface area contributed by atoms with Crippen LogP contribution < -0.4 is 16.4 Å². The monoisotopic (exact) mass is 440 g/mol. The number of ether oxygens (including phenoxy) is 1. The summed E-state index contributed by atoms with van der Waals surface area (Å²) in [6, 6.07) is 0. The number of alkyl halides is 1. The highest BCUT2D eigenvalue weighted by atomic mass is 35.5. The molecule has 0 radical (unpaired) electrons. The number of hydrogen-bond donors (Lipinski definition) is 4. The van der Waals surface area contributed by atoms with Crippen LogP contribution >= 0.6 is 11.6 Å². The molecular formula is C17H25ClN8O4. The Labute approximate surface area is 177 Å². The molecule has 12 nitrogen and oxygen atoms in total. The molecule has 30 heavy (non-hydrogen) atoms. The summed E-state index contributed by atoms with van der Waals surface area (Å²) in [5.41, 5.74) is 11.3. The zero-order chi connectivity index (χ0) is 22.1. The average molecular weight is 441 g/mol. The lowest BCUT2D eigenvalue weighted by molar-refractivity contribution is -0.140. The number of carboxylic acid groups (broad SMARTS) is 1. The maximum absolute atomic E-state index is 12.9. The highest BCUT2D eigenvalue weighted by Gasteiger charge is 2.48. The van der Waals surface area contributed by atoms with E-state index in [2.05, 4.69) is 24.9 Å². The topological polar surface area (TPSA) is 186 Å². The van der Waals surface area contributed by atoms with Gasteiger partial charge in [0.15, 0.2) is 11.6 Å². The van der Waals surface area contributed by atoms with Crippen molar-refractivity contribution in [3.05, 3.63) is 12.5 Å². The number of aliphatic carboxylic acids is 1. The molecule has 0 aliphatic carbocycles. The molecule has 0 fully saturated rings. The summed E-state index contributed by atoms with van der Waals surface area (Å²) in [5, 5.41) is 9.86. The lowest BCUT2D eigenvalue weighted by Crippen LogP contribution is -2.54. The summed E-state index contributed by atoms with van der Waals surface area (Å²) in [6.45, 7) is 2.24. The first-order chi connectivity index (χ1) is 14.3. The van der Waals surface area contributed by atoms with Crippen LogP contribution in [0.3, 0.4) is 0 Å². The van der Waals surface area contributed by atoms with Gasteiger partial charge in [0.2, 0.25) is 10.9 Å². The van der Waals surface area contributed by atoms with Crippen LogP contribution in [0.5, 0.6) is 0 Å². The van der Waals surface area contributed by atoms with E-state index in [-0.39, 0.29) is 43.5 Å². The highest BCUT2D eigenvalue weighted by molar-refractivity contribution is 6.37. The third kappa shape index (κ3) is 5.69. The minimum atomic E-state index is -2.22. The van der Waals surface area contributed by atoms with Crippen LogP contribution in [-0.2, 0) is 9.53 Å². The normalized spacial score (nSPS) is 12.9. The van der Waals surface area contributed by atoms with Crippen molar-refractivity contribution >= 4 is 46.7 Å². The molecule has 0 saturated heterocycles. The Hall–Kier alpha value is -3.15. The number of H-pyrrole nitrogens is 1. The molecule has 0 spiro atoms. The van der Waals surface area contributed by atoms with Gasteiger partial charge < -0.3 is 26.3 Å². The van der Waals surface area contributed by atoms with Crippen LogP contribution in [0.4, 0.5) is 10.7 Å². The predicted molar refractivity (Wildman–Crippen MR) is 111 cm³/mol. The molecule has 0 unspecified atom stereocenters. The number of carbonyl (C=O) groups is 2. The fourth-order valence-electron chi connectivity index (χ4n) is 2.63. The van der Waals surface area contributed by atoms with Gasteiger partial charge in [0.05, 0.1) is 19.1 Å². The Bertz CT molecular complexity index is 901. The van der Waals surface area contributed by atoms with Gasteiger partial charge in [-0.15, -0.1) is 0 Å². The summed E-state index contributed by atoms with van der Waals surface area (Å²) in [7, 11) is 0. The van der Waals surface area contributed by atoms with Crippen molar-refractivity contribution in [2.75, 3.05) is 18.1 Å². The molecule has 2 heterocycles. The van der Waals surface area contributed by atoms with Crippen molar-refractivity contribution in [1.29, 1.82) is 0 Å². The zero-order valence-corrected chi connectivity index (χ0v) is 17.3. The van der Waals surface area contributed by atoms with Gasteiger partial charge in [0.25, 0.3) is 0 Å². The number of nitrogens with one attached hydrogen (secondary N) is 1. The fraction of sp³-hybridized carbons (Fsp3) is 0.529. The van der Waals surface area contributed by atoms with E-state index in [9.17, 15) is 14.7 Å². The van der Waals surface area contributed by atoms with E-state index in [0.717, 1.165) is 17.7 Å². The number of nitrogens with zero attached hydrogens (tertiary/aromatic N) is 5. The Morgan fingerprint density at radius 2 is 2.10 bits per heavy atom. The Morgan fingerprint density at radius 1 is 1.33 bits per heavy atom. The van der Waals surface area contributed by atoms with Crippen molar-refractivity contribution in [3.8, 4) is 0 Å². The molecule has 2 aromatic rings. The van der Waals surface area contributed by atoms with Crippen molar-refractivity contribution in [3.63, 3.8) is 0 Å². The number of carboxylic acids is 1. The molecule has 0 bridgehead atoms. The lowest BCUT2D eigenvalue weighted by Gasteiger charge is -2.33. The summed E-state index contributed by atoms with van der Waals surface area (Å²) < 4.78 is 5.26. The van der Waals surface area contributed by atoms with E-state index in [4.69, 9.17) is 27.8 Å². The van der Waals surface area contributed by atoms with E-state index in [1.165, 1.54) is 12.5 Å². The van der Waals surface area contributed by atoms with Gasteiger partial charge in [0.1, 0.15) is 5.52 Å². The second-order valence-electron chi connectivity index (χ2n) is 6.44. The second kappa shape index (κ2) is 10.6. The van der Waals surface area contributed by atoms with E-state index < -0.39 is 17.1 Å². The third-order valence-corrected chi connectivity index (χ3v) is 4.68. The molecule has 164 valence electrons. The van der Waals surface area contributed by atoms with Crippen molar-refractivity contribution < 1.29 is 19.4 Å². The van der Waals surface area contributed by atoms with Gasteiger partial charge in [-0.3, -0.25) is 4.99 Å². The largest absolute Gasteiger partial charge is 0.479 e. The Kier molecular flexibility index (Phi) is 8.16. The van der Waals surface area contributed by atoms with E-state index >= 15 is 0 Å². The number of nitrogens with two attached hydrogens (primary N) is 2. The third-order valence-electron chi connectivity index (χ3n) is 4.16. The number of carbonyl (C=O) groups excluding carboxylic acids is 1. The number of guanidine groups is 1. The van der Waals surface area contributed by atoms with Crippen LogP contribution in [-0.4, -0.2) is 61.2 Å². The smallest absolute Gasteiger partial charge is 0.418 e. The van der Waals surface area contributed by atoms with Crippen molar-refractivity contribution in [2.45, 2.75) is 44.0 Å². The van der Waals surface area contributed by atoms with Gasteiger partial charge in [-0.05, 0) is 19.3 Å². The number of halogens is 1. The first-order valence-corrected chi connectivity index (χ1v) is 9.78. The number of aliphatic imine (C=N–C) groups is 1. The van der Waals surface area contributed by atoms with Gasteiger partial charge in [-0.25, -0.2) is 24.5 Å². The molecule has 13 heteroatoms. The minimum absolute atomic E-state index is 0.106. The molecule has 6 N–H and O–H groups in total. The quantitative estimate of drug-likeness (QED) is 0.132. The minimum Gasteiger partial charge on any atom is -0.479 e. The van der Waals surface area contributed by atoms with Crippen LogP contribution in [0.1, 0.15) is 39.0 Å². The van der Waals surface area contributed by atoms with Gasteiger partial charge in [0, 0.05) is 6.54 Å². The lowest BCUT2D eigenvalue weighted by atomic mass is 10.1. The highest BCUT2D eigenvalue weighted by Crippen LogP contribution is 2.32. The molecule has 0 saturated carbocycles. The predicted octanol–water partition coefficient (Wildman–Crippen LogP) is 1.56. The van der Waals surface area contributed by atoms with E-state index in [1.54, 1.807) is 0 Å². The molecule has 1 atom stereocenters. The number of fused-ring (bicyclic) bond motifs is 1. The van der Waals surface area contributed by atoms with Gasteiger partial charge >= 0.3 is 12.1 Å². The SMILES string of the molecule is CCCCCOC(=O)N(c1ncc2[nH]cnc2n1)[C@@](Cl)(CCCN=C(N)N)C(=O)O. The molecule has 2 aromatic heterocycles. The fourth-order valence-corrected chi connectivity index (χ4v) is 2.91. The van der Waals surface area contributed by atoms with Crippen molar-refractivity contribution in [1.82, 2.24) is 19.9 Å². The van der Waals surface area contributed by atoms with Crippen LogP contribution in [0, 0.1) is 0 Å². The molecule has 2 rings (SSSR count). The Morgan fingerprint density at radius 3 is 2.77 bits per heavy atom. The van der Waals surface area contributed by atoms with Crippen LogP contribution in [0.25, 0.3) is 11.2 Å². The molecule has 1 amide bonds. The van der Waals surface area contributed by atoms with E-state index in [1.807, 2.05) is 6.92 Å². The average Bonchev–Trinajstić information content (AvgIpc) is 3.16. The standard InChI is InChI=1S/C17H25ClN8O4/c1-2-3-4-8-30-16(29)26(15-22-9-11-12(25-15)24-10-23-11)17(18,13(27)28)6-5-7-21-14(19)20/h9-10H,2-8H2,1H3,(H,27,28)(H4,19,20,21)(H,22,23,24,25)/t17-/m0/s1. The molecule has 0 aliphatic rings. The summed E-state index contributed by atoms with van der Waals surface area (Å²) in [5.74, 6) is -1.84. The van der Waals surface area contributed by atoms with E-state index in [0.29, 0.717) is 11.9 Å². The molecular weight excluding hydrogens is 416 g/mol. The zero-order valence-electron chi connectivity index (χ0n) is 16.5. The Balaban J connectivity index is 2.36. The summed E-state index contributed by atoms with van der Waals surface area (Å²) in [6.07, 6.45) is 4.20. The summed E-state index contributed by atoms with van der Waals surface area (Å²) in [4.78, 5) is 42.4. The molecule has 0 aromatic carbocycles. The maximum atomic E-state index is 12.9. The number of amides is 1. The number of aromatic amines is 1. The number of imidazole rings is 1. The number of rotatable bonds is 11. The number of anilines is 1. The number of hydrogen-bond acceptors (Lipinski definition) is 7.